The Balaban J connectivity index is 2.21. The van der Waals surface area contributed by atoms with Crippen LogP contribution in [0.25, 0.3) is 0 Å². The Bertz CT molecular complexity index is 160. The van der Waals surface area contributed by atoms with Crippen molar-refractivity contribution in [3.8, 4) is 0 Å². The second-order valence-electron chi connectivity index (χ2n) is 3.46. The van der Waals surface area contributed by atoms with Crippen molar-refractivity contribution in [2.75, 3.05) is 19.6 Å². The molecule has 0 aromatic rings. The molecule has 0 aliphatic carbocycles. The molecule has 1 aliphatic rings. The van der Waals surface area contributed by atoms with Gasteiger partial charge in [0.05, 0.1) is 12.5 Å². The van der Waals surface area contributed by atoms with E-state index in [1.54, 1.807) is 4.90 Å². The predicted molar refractivity (Wildman–Crippen MR) is 42.4 cm³/mol. The summed E-state index contributed by atoms with van der Waals surface area (Å²) >= 11 is 0. The zero-order valence-corrected chi connectivity index (χ0v) is 7.35. The summed E-state index contributed by atoms with van der Waals surface area (Å²) in [6.45, 7) is 1.07. The molecule has 1 fully saturated rings. The van der Waals surface area contributed by atoms with Crippen LogP contribution in [0, 0.1) is 0 Å². The maximum absolute atomic E-state index is 11.8. The van der Waals surface area contributed by atoms with Crippen LogP contribution in [0.15, 0.2) is 0 Å². The molecule has 0 aromatic carbocycles. The molecule has 0 saturated carbocycles. The second kappa shape index (κ2) is 4.28. The molecule has 13 heavy (non-hydrogen) atoms. The summed E-state index contributed by atoms with van der Waals surface area (Å²) in [5, 5.41) is 9.19. The molecule has 0 aromatic heterocycles. The SMILES string of the molecule is O[C@H]1CCCN(CCC(F)(F)F)C1. The summed E-state index contributed by atoms with van der Waals surface area (Å²) in [7, 11) is 0. The zero-order valence-electron chi connectivity index (χ0n) is 7.35. The number of rotatable bonds is 2. The Hall–Kier alpha value is -0.290. The maximum Gasteiger partial charge on any atom is 0.390 e. The monoisotopic (exact) mass is 197 g/mol. The number of aliphatic hydroxyl groups excluding tert-OH is 1. The van der Waals surface area contributed by atoms with Crippen molar-refractivity contribution in [1.82, 2.24) is 4.90 Å². The average Bonchev–Trinajstić information content (AvgIpc) is 2.00. The van der Waals surface area contributed by atoms with Crippen LogP contribution >= 0.6 is 0 Å². The van der Waals surface area contributed by atoms with Gasteiger partial charge >= 0.3 is 6.18 Å². The molecule has 1 aliphatic heterocycles. The van der Waals surface area contributed by atoms with Crippen molar-refractivity contribution < 1.29 is 18.3 Å². The van der Waals surface area contributed by atoms with Gasteiger partial charge in [-0.1, -0.05) is 0 Å². The van der Waals surface area contributed by atoms with E-state index >= 15 is 0 Å². The number of alkyl halides is 3. The van der Waals surface area contributed by atoms with Crippen LogP contribution in [0.3, 0.4) is 0 Å². The quantitative estimate of drug-likeness (QED) is 0.723. The summed E-state index contributed by atoms with van der Waals surface area (Å²) < 4.78 is 35.5. The van der Waals surface area contributed by atoms with Crippen molar-refractivity contribution in [2.45, 2.75) is 31.5 Å². The van der Waals surface area contributed by atoms with E-state index in [0.717, 1.165) is 6.42 Å². The van der Waals surface area contributed by atoms with Crippen molar-refractivity contribution in [1.29, 1.82) is 0 Å². The first kappa shape index (κ1) is 10.8. The molecule has 1 saturated heterocycles. The van der Waals surface area contributed by atoms with E-state index in [4.69, 9.17) is 0 Å². The number of aliphatic hydroxyl groups is 1. The van der Waals surface area contributed by atoms with Crippen LogP contribution in [0.5, 0.6) is 0 Å². The summed E-state index contributed by atoms with van der Waals surface area (Å²) in [6.07, 6.45) is -3.80. The van der Waals surface area contributed by atoms with Gasteiger partial charge in [-0.3, -0.25) is 0 Å². The molecule has 1 rings (SSSR count). The minimum atomic E-state index is -4.08. The third kappa shape index (κ3) is 4.47. The molecule has 78 valence electrons. The van der Waals surface area contributed by atoms with Crippen LogP contribution < -0.4 is 0 Å². The number of likely N-dealkylation sites (tertiary alicyclic amines) is 1. The van der Waals surface area contributed by atoms with Gasteiger partial charge in [0.1, 0.15) is 0 Å². The third-order valence-corrected chi connectivity index (χ3v) is 2.19. The molecule has 1 atom stereocenters. The molecule has 2 nitrogen and oxygen atoms in total. The lowest BCUT2D eigenvalue weighted by molar-refractivity contribution is -0.139. The van der Waals surface area contributed by atoms with Crippen LogP contribution in [0.4, 0.5) is 13.2 Å². The van der Waals surface area contributed by atoms with Crippen molar-refractivity contribution in [3.63, 3.8) is 0 Å². The molecule has 1 heterocycles. The number of hydrogen-bond acceptors (Lipinski definition) is 2. The van der Waals surface area contributed by atoms with E-state index in [1.165, 1.54) is 0 Å². The molecule has 5 heteroatoms. The summed E-state index contributed by atoms with van der Waals surface area (Å²) in [5.74, 6) is 0. The minimum Gasteiger partial charge on any atom is -0.392 e. The standard InChI is InChI=1S/C8H14F3NO/c9-8(10,11)3-5-12-4-1-2-7(13)6-12/h7,13H,1-6H2/t7-/m0/s1. The van der Waals surface area contributed by atoms with Crippen molar-refractivity contribution >= 4 is 0 Å². The van der Waals surface area contributed by atoms with Crippen LogP contribution in [-0.4, -0.2) is 41.9 Å². The Morgan fingerprint density at radius 1 is 1.38 bits per heavy atom. The summed E-state index contributed by atoms with van der Waals surface area (Å²) in [4.78, 5) is 1.67. The van der Waals surface area contributed by atoms with Gasteiger partial charge in [0.15, 0.2) is 0 Å². The van der Waals surface area contributed by atoms with Gasteiger partial charge in [0.2, 0.25) is 0 Å². The first-order valence-corrected chi connectivity index (χ1v) is 4.44. The van der Waals surface area contributed by atoms with Crippen molar-refractivity contribution in [2.24, 2.45) is 0 Å². The number of halogens is 3. The Morgan fingerprint density at radius 2 is 2.08 bits per heavy atom. The van der Waals surface area contributed by atoms with Crippen LogP contribution in [0.1, 0.15) is 19.3 Å². The highest BCUT2D eigenvalue weighted by Gasteiger charge is 2.28. The summed E-state index contributed by atoms with van der Waals surface area (Å²) in [5.41, 5.74) is 0. The maximum atomic E-state index is 11.8. The normalized spacial score (nSPS) is 26.3. The van der Waals surface area contributed by atoms with Gasteiger partial charge in [0.25, 0.3) is 0 Å². The van der Waals surface area contributed by atoms with Crippen LogP contribution in [-0.2, 0) is 0 Å². The van der Waals surface area contributed by atoms with Gasteiger partial charge < -0.3 is 10.0 Å². The van der Waals surface area contributed by atoms with E-state index in [0.29, 0.717) is 19.5 Å². The molecule has 0 unspecified atom stereocenters. The molecule has 0 amide bonds. The Morgan fingerprint density at radius 3 is 2.62 bits per heavy atom. The number of piperidine rings is 1. The lowest BCUT2D eigenvalue weighted by Gasteiger charge is -2.30. The highest BCUT2D eigenvalue weighted by molar-refractivity contribution is 4.72. The van der Waals surface area contributed by atoms with Gasteiger partial charge in [-0.25, -0.2) is 0 Å². The minimum absolute atomic E-state index is 0.0144. The van der Waals surface area contributed by atoms with Crippen molar-refractivity contribution in [3.05, 3.63) is 0 Å². The molecular weight excluding hydrogens is 183 g/mol. The first-order valence-electron chi connectivity index (χ1n) is 4.44. The molecule has 1 N–H and O–H groups in total. The third-order valence-electron chi connectivity index (χ3n) is 2.19. The molecule has 0 bridgehead atoms. The largest absolute Gasteiger partial charge is 0.392 e. The first-order chi connectivity index (χ1) is 5.97. The smallest absolute Gasteiger partial charge is 0.390 e. The van der Waals surface area contributed by atoms with E-state index in [-0.39, 0.29) is 6.54 Å². The zero-order chi connectivity index (χ0) is 9.90. The average molecular weight is 197 g/mol. The highest BCUT2D eigenvalue weighted by Crippen LogP contribution is 2.21. The number of nitrogens with zero attached hydrogens (tertiary/aromatic N) is 1. The lowest BCUT2D eigenvalue weighted by Crippen LogP contribution is -2.39. The van der Waals surface area contributed by atoms with Gasteiger partial charge in [-0.2, -0.15) is 13.2 Å². The van der Waals surface area contributed by atoms with Gasteiger partial charge in [0, 0.05) is 13.1 Å². The van der Waals surface area contributed by atoms with Gasteiger partial charge in [-0.15, -0.1) is 0 Å². The number of β-amino-alcohol motifs (C(OH)–C–C–N with tert-alkyl or cyclic N) is 1. The van der Waals surface area contributed by atoms with E-state index in [9.17, 15) is 18.3 Å². The Kier molecular flexibility index (Phi) is 3.55. The lowest BCUT2D eigenvalue weighted by atomic mass is 10.1. The van der Waals surface area contributed by atoms with E-state index in [1.807, 2.05) is 0 Å². The van der Waals surface area contributed by atoms with E-state index in [2.05, 4.69) is 0 Å². The van der Waals surface area contributed by atoms with E-state index < -0.39 is 18.7 Å². The highest BCUT2D eigenvalue weighted by atomic mass is 19.4. The fourth-order valence-electron chi connectivity index (χ4n) is 1.52. The predicted octanol–water partition coefficient (Wildman–Crippen LogP) is 1.40. The fraction of sp³-hybridized carbons (Fsp3) is 1.00. The molecule has 0 spiro atoms. The Labute approximate surface area is 75.3 Å². The molecule has 0 radical (unpaired) electrons. The van der Waals surface area contributed by atoms with Gasteiger partial charge in [-0.05, 0) is 19.4 Å². The fourth-order valence-corrected chi connectivity index (χ4v) is 1.52. The second-order valence-corrected chi connectivity index (χ2v) is 3.46. The summed E-state index contributed by atoms with van der Waals surface area (Å²) in [6, 6.07) is 0. The number of hydrogen-bond donors (Lipinski definition) is 1. The van der Waals surface area contributed by atoms with Crippen LogP contribution in [0.2, 0.25) is 0 Å². The molecular formula is C8H14F3NO. The topological polar surface area (TPSA) is 23.5 Å².